The third-order valence-electron chi connectivity index (χ3n) is 3.04. The van der Waals surface area contributed by atoms with Crippen LogP contribution in [0, 0.1) is 20.2 Å². The molecule has 0 atom stereocenters. The zero-order chi connectivity index (χ0) is 17.0. The Morgan fingerprint density at radius 1 is 1.22 bits per heavy atom. The number of nitrogens with one attached hydrogen (secondary N) is 1. The summed E-state index contributed by atoms with van der Waals surface area (Å²) < 4.78 is 1.68. The number of hydrogen-bond acceptors (Lipinski definition) is 6. The predicted molar refractivity (Wildman–Crippen MR) is 78.8 cm³/mol. The summed E-state index contributed by atoms with van der Waals surface area (Å²) in [6.07, 6.45) is 1.75. The molecule has 1 aromatic heterocycles. The number of non-ortho nitro benzene ring substituents is 2. The van der Waals surface area contributed by atoms with Gasteiger partial charge in [-0.15, -0.1) is 0 Å². The predicted octanol–water partition coefficient (Wildman–Crippen LogP) is 1.65. The summed E-state index contributed by atoms with van der Waals surface area (Å²) in [6, 6.07) is 4.51. The molecule has 120 valence electrons. The molecule has 1 aromatic carbocycles. The number of aromatic nitrogens is 2. The van der Waals surface area contributed by atoms with Crippen LogP contribution in [0.15, 0.2) is 30.5 Å². The van der Waals surface area contributed by atoms with Gasteiger partial charge in [0.05, 0.1) is 33.7 Å². The molecule has 0 aliphatic heterocycles. The number of benzene rings is 1. The van der Waals surface area contributed by atoms with Crippen molar-refractivity contribution in [2.45, 2.75) is 20.0 Å². The van der Waals surface area contributed by atoms with Crippen molar-refractivity contribution < 1.29 is 14.6 Å². The molecule has 2 aromatic rings. The van der Waals surface area contributed by atoms with Gasteiger partial charge in [-0.05, 0) is 13.0 Å². The van der Waals surface area contributed by atoms with Crippen molar-refractivity contribution in [2.24, 2.45) is 0 Å². The highest BCUT2D eigenvalue weighted by Gasteiger charge is 2.19. The Labute approximate surface area is 130 Å². The number of aryl methyl sites for hydroxylation is 1. The summed E-state index contributed by atoms with van der Waals surface area (Å²) >= 11 is 0. The van der Waals surface area contributed by atoms with Crippen LogP contribution >= 0.6 is 0 Å². The van der Waals surface area contributed by atoms with Crippen LogP contribution in [0.5, 0.6) is 0 Å². The summed E-state index contributed by atoms with van der Waals surface area (Å²) in [7, 11) is 0. The van der Waals surface area contributed by atoms with Gasteiger partial charge in [0.25, 0.3) is 17.3 Å². The molecule has 1 N–H and O–H groups in total. The number of rotatable bonds is 6. The summed E-state index contributed by atoms with van der Waals surface area (Å²) in [6.45, 7) is 2.71. The van der Waals surface area contributed by atoms with Crippen molar-refractivity contribution in [3.05, 3.63) is 61.9 Å². The lowest BCUT2D eigenvalue weighted by Crippen LogP contribution is -2.23. The van der Waals surface area contributed by atoms with Crippen LogP contribution in [-0.2, 0) is 13.1 Å². The fourth-order valence-corrected chi connectivity index (χ4v) is 1.88. The second kappa shape index (κ2) is 6.64. The number of hydrogen-bond donors (Lipinski definition) is 1. The molecule has 10 nitrogen and oxygen atoms in total. The zero-order valence-electron chi connectivity index (χ0n) is 12.1. The summed E-state index contributed by atoms with van der Waals surface area (Å²) in [5.41, 5.74) is -0.569. The Kier molecular flexibility index (Phi) is 4.64. The number of nitro groups is 2. The van der Waals surface area contributed by atoms with Gasteiger partial charge in [0, 0.05) is 24.9 Å². The van der Waals surface area contributed by atoms with Gasteiger partial charge in [-0.2, -0.15) is 5.10 Å². The highest BCUT2D eigenvalue weighted by Crippen LogP contribution is 2.22. The first kappa shape index (κ1) is 16.1. The quantitative estimate of drug-likeness (QED) is 0.635. The van der Waals surface area contributed by atoms with Gasteiger partial charge >= 0.3 is 0 Å². The first-order chi connectivity index (χ1) is 10.9. The number of nitro benzene ring substituents is 2. The molecule has 0 saturated carbocycles. The van der Waals surface area contributed by atoms with E-state index in [0.717, 1.165) is 18.2 Å². The molecule has 0 saturated heterocycles. The minimum absolute atomic E-state index is 0.113. The number of nitrogens with zero attached hydrogens (tertiary/aromatic N) is 4. The van der Waals surface area contributed by atoms with E-state index in [-0.39, 0.29) is 12.1 Å². The van der Waals surface area contributed by atoms with E-state index < -0.39 is 27.1 Å². The Hall–Kier alpha value is -3.30. The molecule has 0 spiro atoms. The number of carbonyl (C=O) groups is 1. The van der Waals surface area contributed by atoms with Crippen LogP contribution < -0.4 is 5.32 Å². The molecule has 0 radical (unpaired) electrons. The molecule has 1 heterocycles. The third-order valence-corrected chi connectivity index (χ3v) is 3.04. The Morgan fingerprint density at radius 3 is 2.30 bits per heavy atom. The normalized spacial score (nSPS) is 10.3. The zero-order valence-corrected chi connectivity index (χ0v) is 12.1. The van der Waals surface area contributed by atoms with Crippen LogP contribution in [-0.4, -0.2) is 25.5 Å². The van der Waals surface area contributed by atoms with Gasteiger partial charge < -0.3 is 5.32 Å². The highest BCUT2D eigenvalue weighted by molar-refractivity contribution is 5.95. The SMILES string of the molecule is CCn1ccc(CNC(=O)c2cc([N+](=O)[O-])cc([N+](=O)[O-])c2)n1. The van der Waals surface area contributed by atoms with Crippen LogP contribution in [0.2, 0.25) is 0 Å². The van der Waals surface area contributed by atoms with Gasteiger partial charge in [0.15, 0.2) is 0 Å². The molecule has 0 aliphatic rings. The summed E-state index contributed by atoms with van der Waals surface area (Å²) in [4.78, 5) is 32.1. The monoisotopic (exact) mass is 319 g/mol. The summed E-state index contributed by atoms with van der Waals surface area (Å²) in [5.74, 6) is -0.650. The highest BCUT2D eigenvalue weighted by atomic mass is 16.6. The van der Waals surface area contributed by atoms with Crippen LogP contribution in [0.3, 0.4) is 0 Å². The van der Waals surface area contributed by atoms with E-state index in [1.165, 1.54) is 0 Å². The lowest BCUT2D eigenvalue weighted by Gasteiger charge is -2.04. The average Bonchev–Trinajstić information content (AvgIpc) is 3.00. The fraction of sp³-hybridized carbons (Fsp3) is 0.231. The molecule has 23 heavy (non-hydrogen) atoms. The smallest absolute Gasteiger partial charge is 0.277 e. The molecule has 0 unspecified atom stereocenters. The van der Waals surface area contributed by atoms with Crippen molar-refractivity contribution in [3.8, 4) is 0 Å². The van der Waals surface area contributed by atoms with Gasteiger partial charge in [0.2, 0.25) is 0 Å². The standard InChI is InChI=1S/C13H13N5O5/c1-2-16-4-3-10(15-16)8-14-13(19)9-5-11(17(20)21)7-12(6-9)18(22)23/h3-7H,2,8H2,1H3,(H,14,19). The maximum atomic E-state index is 12.1. The largest absolute Gasteiger partial charge is 0.346 e. The van der Waals surface area contributed by atoms with Gasteiger partial charge in [-0.3, -0.25) is 29.7 Å². The van der Waals surface area contributed by atoms with Gasteiger partial charge in [-0.1, -0.05) is 0 Å². The van der Waals surface area contributed by atoms with Crippen molar-refractivity contribution in [2.75, 3.05) is 0 Å². The lowest BCUT2D eigenvalue weighted by atomic mass is 10.1. The number of carbonyl (C=O) groups excluding carboxylic acids is 1. The molecule has 2 rings (SSSR count). The van der Waals surface area contributed by atoms with Gasteiger partial charge in [0.1, 0.15) is 0 Å². The maximum absolute atomic E-state index is 12.1. The molecule has 0 aliphatic carbocycles. The molecule has 10 heteroatoms. The third kappa shape index (κ3) is 3.87. The second-order valence-corrected chi connectivity index (χ2v) is 4.60. The lowest BCUT2D eigenvalue weighted by molar-refractivity contribution is -0.394. The first-order valence-corrected chi connectivity index (χ1v) is 6.65. The molecular weight excluding hydrogens is 306 g/mol. The van der Waals surface area contributed by atoms with Crippen molar-refractivity contribution in [3.63, 3.8) is 0 Å². The van der Waals surface area contributed by atoms with Gasteiger partial charge in [-0.25, -0.2) is 0 Å². The van der Waals surface area contributed by atoms with E-state index in [2.05, 4.69) is 10.4 Å². The van der Waals surface area contributed by atoms with E-state index in [0.29, 0.717) is 12.2 Å². The van der Waals surface area contributed by atoms with Crippen molar-refractivity contribution >= 4 is 17.3 Å². The maximum Gasteiger partial charge on any atom is 0.277 e. The molecule has 0 fully saturated rings. The average molecular weight is 319 g/mol. The van der Waals surface area contributed by atoms with E-state index in [4.69, 9.17) is 0 Å². The van der Waals surface area contributed by atoms with Crippen molar-refractivity contribution in [1.82, 2.24) is 15.1 Å². The minimum atomic E-state index is -0.785. The number of amides is 1. The van der Waals surface area contributed by atoms with Crippen molar-refractivity contribution in [1.29, 1.82) is 0 Å². The molecular formula is C13H13N5O5. The van der Waals surface area contributed by atoms with Crippen LogP contribution in [0.25, 0.3) is 0 Å². The second-order valence-electron chi connectivity index (χ2n) is 4.60. The Balaban J connectivity index is 2.17. The van der Waals surface area contributed by atoms with E-state index in [1.54, 1.807) is 16.9 Å². The van der Waals surface area contributed by atoms with Crippen LogP contribution in [0.1, 0.15) is 23.0 Å². The molecule has 0 bridgehead atoms. The summed E-state index contributed by atoms with van der Waals surface area (Å²) in [5, 5.41) is 28.3. The fourth-order valence-electron chi connectivity index (χ4n) is 1.88. The Morgan fingerprint density at radius 2 is 1.83 bits per heavy atom. The minimum Gasteiger partial charge on any atom is -0.346 e. The van der Waals surface area contributed by atoms with E-state index in [9.17, 15) is 25.0 Å². The van der Waals surface area contributed by atoms with E-state index >= 15 is 0 Å². The topological polar surface area (TPSA) is 133 Å². The van der Waals surface area contributed by atoms with Crippen LogP contribution in [0.4, 0.5) is 11.4 Å². The molecule has 1 amide bonds. The first-order valence-electron chi connectivity index (χ1n) is 6.65. The Bertz CT molecular complexity index is 738. The van der Waals surface area contributed by atoms with E-state index in [1.807, 2.05) is 6.92 Å².